The van der Waals surface area contributed by atoms with Gasteiger partial charge in [-0.15, -0.1) is 11.3 Å². The van der Waals surface area contributed by atoms with E-state index in [2.05, 4.69) is 21.4 Å². The van der Waals surface area contributed by atoms with Crippen LogP contribution in [0.3, 0.4) is 0 Å². The average molecular weight is 219 g/mol. The molecule has 2 aromatic rings. The molecule has 0 spiro atoms. The van der Waals surface area contributed by atoms with Crippen LogP contribution >= 0.6 is 11.3 Å². The number of anilines is 1. The maximum absolute atomic E-state index is 4.46. The van der Waals surface area contributed by atoms with Crippen LogP contribution in [-0.2, 0) is 0 Å². The standard InChI is InChI=1S/C11H13N3S/c1-7-4-5-9(8(2)13-7)10-6-15-11(12-3)14-10/h4-6H,1-3H3,(H,12,14). The van der Waals surface area contributed by atoms with Crippen molar-refractivity contribution in [3.05, 3.63) is 28.9 Å². The lowest BCUT2D eigenvalue weighted by atomic mass is 10.1. The van der Waals surface area contributed by atoms with Crippen LogP contribution in [0.5, 0.6) is 0 Å². The van der Waals surface area contributed by atoms with Crippen molar-refractivity contribution in [3.63, 3.8) is 0 Å². The zero-order valence-electron chi connectivity index (χ0n) is 9.03. The molecule has 0 saturated carbocycles. The van der Waals surface area contributed by atoms with E-state index in [4.69, 9.17) is 0 Å². The number of hydrogen-bond acceptors (Lipinski definition) is 4. The van der Waals surface area contributed by atoms with Crippen LogP contribution in [0.15, 0.2) is 17.5 Å². The van der Waals surface area contributed by atoms with Gasteiger partial charge in [-0.2, -0.15) is 0 Å². The summed E-state index contributed by atoms with van der Waals surface area (Å²) in [5.74, 6) is 0. The van der Waals surface area contributed by atoms with Gasteiger partial charge in [-0.25, -0.2) is 4.98 Å². The number of nitrogens with one attached hydrogen (secondary N) is 1. The SMILES string of the molecule is CNc1nc(-c2ccc(C)nc2C)cs1. The summed E-state index contributed by atoms with van der Waals surface area (Å²) >= 11 is 1.61. The largest absolute Gasteiger partial charge is 0.365 e. The minimum Gasteiger partial charge on any atom is -0.365 e. The third-order valence-corrected chi connectivity index (χ3v) is 3.08. The molecule has 0 amide bonds. The normalized spacial score (nSPS) is 10.3. The number of hydrogen-bond donors (Lipinski definition) is 1. The lowest BCUT2D eigenvalue weighted by Gasteiger charge is -2.02. The van der Waals surface area contributed by atoms with Gasteiger partial charge in [-0.3, -0.25) is 4.98 Å². The number of rotatable bonds is 2. The number of aryl methyl sites for hydroxylation is 2. The molecule has 0 aliphatic heterocycles. The van der Waals surface area contributed by atoms with Crippen LogP contribution in [-0.4, -0.2) is 17.0 Å². The van der Waals surface area contributed by atoms with Crippen LogP contribution in [0, 0.1) is 13.8 Å². The van der Waals surface area contributed by atoms with Crippen molar-refractivity contribution in [2.24, 2.45) is 0 Å². The van der Waals surface area contributed by atoms with Crippen molar-refractivity contribution in [1.29, 1.82) is 0 Å². The van der Waals surface area contributed by atoms with Gasteiger partial charge in [0.05, 0.1) is 5.69 Å². The lowest BCUT2D eigenvalue weighted by Crippen LogP contribution is -1.91. The summed E-state index contributed by atoms with van der Waals surface area (Å²) in [5.41, 5.74) is 4.18. The van der Waals surface area contributed by atoms with E-state index in [9.17, 15) is 0 Å². The minimum absolute atomic E-state index is 0.935. The first-order valence-electron chi connectivity index (χ1n) is 4.78. The van der Waals surface area contributed by atoms with Gasteiger partial charge in [-0.1, -0.05) is 0 Å². The van der Waals surface area contributed by atoms with Crippen molar-refractivity contribution in [2.75, 3.05) is 12.4 Å². The predicted octanol–water partition coefficient (Wildman–Crippen LogP) is 2.86. The molecule has 0 radical (unpaired) electrons. The van der Waals surface area contributed by atoms with Gasteiger partial charge < -0.3 is 5.32 Å². The third kappa shape index (κ3) is 1.99. The molecule has 0 unspecified atom stereocenters. The van der Waals surface area contributed by atoms with E-state index in [-0.39, 0.29) is 0 Å². The molecule has 2 heterocycles. The van der Waals surface area contributed by atoms with Crippen molar-refractivity contribution in [3.8, 4) is 11.3 Å². The summed E-state index contributed by atoms with van der Waals surface area (Å²) in [5, 5.41) is 6.02. The maximum Gasteiger partial charge on any atom is 0.182 e. The Morgan fingerprint density at radius 2 is 2.00 bits per heavy atom. The highest BCUT2D eigenvalue weighted by Crippen LogP contribution is 2.26. The van der Waals surface area contributed by atoms with Crippen molar-refractivity contribution in [2.45, 2.75) is 13.8 Å². The summed E-state index contributed by atoms with van der Waals surface area (Å²) < 4.78 is 0. The molecule has 3 nitrogen and oxygen atoms in total. The highest BCUT2D eigenvalue weighted by Gasteiger charge is 2.06. The molecule has 15 heavy (non-hydrogen) atoms. The zero-order chi connectivity index (χ0) is 10.8. The fourth-order valence-corrected chi connectivity index (χ4v) is 2.14. The van der Waals surface area contributed by atoms with Crippen LogP contribution in [0.2, 0.25) is 0 Å². The minimum atomic E-state index is 0.935. The van der Waals surface area contributed by atoms with Gasteiger partial charge in [0.25, 0.3) is 0 Å². The second-order valence-corrected chi connectivity index (χ2v) is 4.23. The second-order valence-electron chi connectivity index (χ2n) is 3.37. The number of thiazole rings is 1. The Balaban J connectivity index is 2.44. The number of pyridine rings is 1. The Kier molecular flexibility index (Phi) is 2.68. The first-order valence-corrected chi connectivity index (χ1v) is 5.66. The molecule has 4 heteroatoms. The second kappa shape index (κ2) is 3.98. The summed E-state index contributed by atoms with van der Waals surface area (Å²) in [6, 6.07) is 4.09. The Morgan fingerprint density at radius 3 is 2.60 bits per heavy atom. The van der Waals surface area contributed by atoms with Gasteiger partial charge in [0.2, 0.25) is 0 Å². The van der Waals surface area contributed by atoms with E-state index in [0.29, 0.717) is 0 Å². The van der Waals surface area contributed by atoms with E-state index in [1.165, 1.54) is 0 Å². The summed E-state index contributed by atoms with van der Waals surface area (Å²) in [7, 11) is 1.88. The quantitative estimate of drug-likeness (QED) is 0.844. The van der Waals surface area contributed by atoms with Gasteiger partial charge >= 0.3 is 0 Å². The molecule has 0 aromatic carbocycles. The van der Waals surface area contributed by atoms with Gasteiger partial charge in [0, 0.05) is 29.4 Å². The van der Waals surface area contributed by atoms with E-state index in [1.54, 1.807) is 11.3 Å². The molecule has 0 aliphatic rings. The molecule has 0 bridgehead atoms. The van der Waals surface area contributed by atoms with E-state index in [0.717, 1.165) is 27.8 Å². The monoisotopic (exact) mass is 219 g/mol. The van der Waals surface area contributed by atoms with Crippen LogP contribution in [0.25, 0.3) is 11.3 Å². The Labute approximate surface area is 93.2 Å². The van der Waals surface area contributed by atoms with E-state index >= 15 is 0 Å². The number of nitrogens with zero attached hydrogens (tertiary/aromatic N) is 2. The highest BCUT2D eigenvalue weighted by molar-refractivity contribution is 7.14. The fraction of sp³-hybridized carbons (Fsp3) is 0.273. The molecule has 0 saturated heterocycles. The smallest absolute Gasteiger partial charge is 0.182 e. The van der Waals surface area contributed by atoms with Crippen LogP contribution in [0.4, 0.5) is 5.13 Å². The van der Waals surface area contributed by atoms with Crippen LogP contribution in [0.1, 0.15) is 11.4 Å². The molecule has 0 atom stereocenters. The van der Waals surface area contributed by atoms with E-state index in [1.807, 2.05) is 32.3 Å². The van der Waals surface area contributed by atoms with Crippen LogP contribution < -0.4 is 5.32 Å². The Hall–Kier alpha value is -1.42. The first-order chi connectivity index (χ1) is 7.20. The fourth-order valence-electron chi connectivity index (χ4n) is 1.47. The molecule has 78 valence electrons. The molecule has 0 aliphatic carbocycles. The molecule has 0 fully saturated rings. The van der Waals surface area contributed by atoms with Crippen molar-refractivity contribution < 1.29 is 0 Å². The molecular formula is C11H13N3S. The first kappa shape index (κ1) is 10.1. The average Bonchev–Trinajstić information content (AvgIpc) is 2.66. The van der Waals surface area contributed by atoms with Gasteiger partial charge in [-0.05, 0) is 26.0 Å². The molecular weight excluding hydrogens is 206 g/mol. The lowest BCUT2D eigenvalue weighted by molar-refractivity contribution is 1.12. The van der Waals surface area contributed by atoms with Crippen molar-refractivity contribution >= 4 is 16.5 Å². The molecule has 2 aromatic heterocycles. The van der Waals surface area contributed by atoms with Gasteiger partial charge in [0.15, 0.2) is 5.13 Å². The molecule has 1 N–H and O–H groups in total. The van der Waals surface area contributed by atoms with Gasteiger partial charge in [0.1, 0.15) is 0 Å². The zero-order valence-corrected chi connectivity index (χ0v) is 9.85. The third-order valence-electron chi connectivity index (χ3n) is 2.22. The highest BCUT2D eigenvalue weighted by atomic mass is 32.1. The van der Waals surface area contributed by atoms with E-state index < -0.39 is 0 Å². The van der Waals surface area contributed by atoms with Crippen molar-refractivity contribution in [1.82, 2.24) is 9.97 Å². The summed E-state index contributed by atoms with van der Waals surface area (Å²) in [6.45, 7) is 4.01. The summed E-state index contributed by atoms with van der Waals surface area (Å²) in [6.07, 6.45) is 0. The summed E-state index contributed by atoms with van der Waals surface area (Å²) in [4.78, 5) is 8.89. The number of aromatic nitrogens is 2. The Bertz CT molecular complexity index is 476. The molecule has 2 rings (SSSR count). The Morgan fingerprint density at radius 1 is 1.20 bits per heavy atom. The predicted molar refractivity (Wildman–Crippen MR) is 64.4 cm³/mol. The topological polar surface area (TPSA) is 37.8 Å². The maximum atomic E-state index is 4.46.